The van der Waals surface area contributed by atoms with Crippen LogP contribution in [0.25, 0.3) is 10.2 Å². The number of piperazine rings is 1. The number of aromatic nitrogens is 2. The van der Waals surface area contributed by atoms with E-state index in [9.17, 15) is 14.9 Å². The van der Waals surface area contributed by atoms with Crippen molar-refractivity contribution in [3.8, 4) is 0 Å². The van der Waals surface area contributed by atoms with Gasteiger partial charge in [-0.15, -0.1) is 0 Å². The molecule has 1 aliphatic rings. The van der Waals surface area contributed by atoms with Crippen LogP contribution in [-0.2, 0) is 0 Å². The van der Waals surface area contributed by atoms with Crippen molar-refractivity contribution >= 4 is 44.1 Å². The molecule has 0 spiro atoms. The Hall–Kier alpha value is -3.15. The van der Waals surface area contributed by atoms with Crippen molar-refractivity contribution in [3.63, 3.8) is 0 Å². The molecule has 0 unspecified atom stereocenters. The zero-order chi connectivity index (χ0) is 21.1. The molecule has 0 atom stereocenters. The van der Waals surface area contributed by atoms with Crippen molar-refractivity contribution in [2.45, 2.75) is 0 Å². The first-order valence-electron chi connectivity index (χ1n) is 9.45. The van der Waals surface area contributed by atoms with Gasteiger partial charge in [-0.1, -0.05) is 17.4 Å². The lowest BCUT2D eigenvalue weighted by atomic mass is 10.2. The number of aliphatic hydroxyl groups is 1. The van der Waals surface area contributed by atoms with Crippen LogP contribution in [0.2, 0.25) is 0 Å². The molecule has 1 fully saturated rings. The predicted octanol–water partition coefficient (Wildman–Crippen LogP) is 2.09. The lowest BCUT2D eigenvalue weighted by Gasteiger charge is -2.34. The van der Waals surface area contributed by atoms with Crippen molar-refractivity contribution in [2.75, 3.05) is 44.6 Å². The topological polar surface area (TPSA) is 125 Å². The maximum Gasteiger partial charge on any atom is 0.296 e. The number of nitro benzene ring substituents is 1. The van der Waals surface area contributed by atoms with Gasteiger partial charge in [0.15, 0.2) is 10.6 Å². The summed E-state index contributed by atoms with van der Waals surface area (Å²) >= 11 is 1.26. The van der Waals surface area contributed by atoms with Gasteiger partial charge in [-0.2, -0.15) is 0 Å². The fourth-order valence-electron chi connectivity index (χ4n) is 3.40. The van der Waals surface area contributed by atoms with E-state index in [1.54, 1.807) is 35.4 Å². The highest BCUT2D eigenvalue weighted by molar-refractivity contribution is 7.22. The third-order valence-electron chi connectivity index (χ3n) is 4.93. The molecule has 0 radical (unpaired) electrons. The number of β-amino-alcohol motifs (C(OH)–C–C–N with tert-alkyl or cyclic N) is 1. The summed E-state index contributed by atoms with van der Waals surface area (Å²) in [7, 11) is 0. The number of nitrogens with zero attached hydrogens (tertiary/aromatic N) is 5. The number of rotatable bonds is 6. The third-order valence-corrected chi connectivity index (χ3v) is 5.87. The molecule has 3 aromatic rings. The van der Waals surface area contributed by atoms with Crippen LogP contribution in [0, 0.1) is 10.1 Å². The number of anilines is 2. The molecule has 1 saturated heterocycles. The van der Waals surface area contributed by atoms with Gasteiger partial charge in [-0.25, -0.2) is 9.97 Å². The highest BCUT2D eigenvalue weighted by Crippen LogP contribution is 2.33. The number of hydrogen-bond acceptors (Lipinski definition) is 9. The fraction of sp³-hybridized carbons (Fsp3) is 0.316. The normalized spacial score (nSPS) is 14.8. The molecule has 30 heavy (non-hydrogen) atoms. The summed E-state index contributed by atoms with van der Waals surface area (Å²) in [6, 6.07) is 8.20. The molecule has 1 aromatic carbocycles. The summed E-state index contributed by atoms with van der Waals surface area (Å²) in [5, 5.41) is 23.8. The van der Waals surface area contributed by atoms with E-state index in [4.69, 9.17) is 5.11 Å². The average molecular weight is 428 g/mol. The lowest BCUT2D eigenvalue weighted by Crippen LogP contribution is -2.49. The van der Waals surface area contributed by atoms with Crippen molar-refractivity contribution in [3.05, 3.63) is 52.2 Å². The molecule has 11 heteroatoms. The first-order valence-corrected chi connectivity index (χ1v) is 10.3. The number of fused-ring (bicyclic) bond motifs is 1. The third kappa shape index (κ3) is 4.08. The van der Waals surface area contributed by atoms with Gasteiger partial charge in [0, 0.05) is 45.0 Å². The van der Waals surface area contributed by atoms with E-state index < -0.39 is 4.92 Å². The highest BCUT2D eigenvalue weighted by Gasteiger charge is 2.24. The number of hydrogen-bond donors (Lipinski definition) is 2. The molecule has 156 valence electrons. The largest absolute Gasteiger partial charge is 0.395 e. The summed E-state index contributed by atoms with van der Waals surface area (Å²) in [4.78, 5) is 36.3. The van der Waals surface area contributed by atoms with Crippen LogP contribution in [0.3, 0.4) is 0 Å². The summed E-state index contributed by atoms with van der Waals surface area (Å²) in [6.07, 6.45) is 1.58. The molecule has 0 bridgehead atoms. The number of benzene rings is 1. The number of thiazole rings is 1. The predicted molar refractivity (Wildman–Crippen MR) is 113 cm³/mol. The van der Waals surface area contributed by atoms with Crippen LogP contribution < -0.4 is 5.32 Å². The number of nitro groups is 1. The second-order valence-corrected chi connectivity index (χ2v) is 7.81. The van der Waals surface area contributed by atoms with Crippen molar-refractivity contribution < 1.29 is 14.8 Å². The number of para-hydroxylation sites is 1. The standard InChI is InChI=1S/C19H20N6O4S/c26-12-11-23-7-9-24(10-8-23)18(27)13-3-2-6-20-17(13)22-19-21-16-14(25(28)29)4-1-5-15(16)30-19/h1-6,26H,7-12H2,(H,20,21,22). The SMILES string of the molecule is O=C(c1cccnc1Nc1nc2c([N+](=O)[O-])cccc2s1)N1CCN(CCO)CC1. The van der Waals surface area contributed by atoms with E-state index in [1.807, 2.05) is 0 Å². The molecule has 1 amide bonds. The zero-order valence-electron chi connectivity index (χ0n) is 16.0. The van der Waals surface area contributed by atoms with Crippen LogP contribution in [0.15, 0.2) is 36.5 Å². The molecule has 2 N–H and O–H groups in total. The molecule has 1 aliphatic heterocycles. The smallest absolute Gasteiger partial charge is 0.296 e. The Morgan fingerprint density at radius 3 is 2.77 bits per heavy atom. The van der Waals surface area contributed by atoms with E-state index >= 15 is 0 Å². The van der Waals surface area contributed by atoms with E-state index in [0.29, 0.717) is 59.5 Å². The van der Waals surface area contributed by atoms with E-state index in [-0.39, 0.29) is 18.2 Å². The molecule has 0 aliphatic carbocycles. The number of amides is 1. The molecule has 3 heterocycles. The second kappa shape index (κ2) is 8.69. The Morgan fingerprint density at radius 2 is 2.03 bits per heavy atom. The minimum Gasteiger partial charge on any atom is -0.395 e. The summed E-state index contributed by atoms with van der Waals surface area (Å²) < 4.78 is 0.676. The van der Waals surface area contributed by atoms with Crippen LogP contribution in [0.1, 0.15) is 10.4 Å². The van der Waals surface area contributed by atoms with Crippen molar-refractivity contribution in [2.24, 2.45) is 0 Å². The van der Waals surface area contributed by atoms with Crippen LogP contribution >= 0.6 is 11.3 Å². The summed E-state index contributed by atoms with van der Waals surface area (Å²) in [5.74, 6) is 0.225. The van der Waals surface area contributed by atoms with Crippen molar-refractivity contribution in [1.29, 1.82) is 0 Å². The molecule has 4 rings (SSSR count). The molecule has 10 nitrogen and oxygen atoms in total. The van der Waals surface area contributed by atoms with Crippen LogP contribution in [0.5, 0.6) is 0 Å². The number of non-ortho nitro benzene ring substituents is 1. The van der Waals surface area contributed by atoms with Gasteiger partial charge in [-0.05, 0) is 18.2 Å². The van der Waals surface area contributed by atoms with Gasteiger partial charge in [0.2, 0.25) is 0 Å². The monoisotopic (exact) mass is 428 g/mol. The van der Waals surface area contributed by atoms with Gasteiger partial charge in [0.25, 0.3) is 11.6 Å². The maximum absolute atomic E-state index is 13.1. The minimum absolute atomic E-state index is 0.0603. The number of nitrogens with one attached hydrogen (secondary N) is 1. The molecule has 2 aromatic heterocycles. The Balaban J connectivity index is 1.56. The van der Waals surface area contributed by atoms with E-state index in [2.05, 4.69) is 20.2 Å². The summed E-state index contributed by atoms with van der Waals surface area (Å²) in [5.41, 5.74) is 0.663. The first-order chi connectivity index (χ1) is 14.6. The van der Waals surface area contributed by atoms with Gasteiger partial charge < -0.3 is 15.3 Å². The lowest BCUT2D eigenvalue weighted by molar-refractivity contribution is -0.383. The second-order valence-electron chi connectivity index (χ2n) is 6.78. The number of pyridine rings is 1. The number of carbonyl (C=O) groups excluding carboxylic acids is 1. The van der Waals surface area contributed by atoms with Gasteiger partial charge in [0.1, 0.15) is 5.82 Å². The quantitative estimate of drug-likeness (QED) is 0.452. The Morgan fingerprint density at radius 1 is 1.23 bits per heavy atom. The Labute approximate surface area is 175 Å². The van der Waals surface area contributed by atoms with Gasteiger partial charge in [0.05, 0.1) is 21.8 Å². The number of carbonyl (C=O) groups is 1. The zero-order valence-corrected chi connectivity index (χ0v) is 16.8. The number of aliphatic hydroxyl groups excluding tert-OH is 1. The van der Waals surface area contributed by atoms with Gasteiger partial charge in [-0.3, -0.25) is 19.8 Å². The van der Waals surface area contributed by atoms with Crippen LogP contribution in [0.4, 0.5) is 16.6 Å². The average Bonchev–Trinajstić information content (AvgIpc) is 3.16. The maximum atomic E-state index is 13.1. The molecular weight excluding hydrogens is 408 g/mol. The van der Waals surface area contributed by atoms with Gasteiger partial charge >= 0.3 is 0 Å². The van der Waals surface area contributed by atoms with Crippen molar-refractivity contribution in [1.82, 2.24) is 19.8 Å². The van der Waals surface area contributed by atoms with E-state index in [0.717, 1.165) is 0 Å². The molecule has 0 saturated carbocycles. The van der Waals surface area contributed by atoms with Crippen LogP contribution in [-0.4, -0.2) is 75.0 Å². The minimum atomic E-state index is -0.460. The molecular formula is C19H20N6O4S. The highest BCUT2D eigenvalue weighted by atomic mass is 32.1. The first kappa shape index (κ1) is 20.1. The summed E-state index contributed by atoms with van der Waals surface area (Å²) in [6.45, 7) is 3.26. The Bertz CT molecular complexity index is 1080. The fourth-order valence-corrected chi connectivity index (χ4v) is 4.29. The Kier molecular flexibility index (Phi) is 5.84. The van der Waals surface area contributed by atoms with E-state index in [1.165, 1.54) is 17.4 Å².